The van der Waals surface area contributed by atoms with Crippen molar-refractivity contribution < 1.29 is 0 Å². The number of piperazine rings is 1. The minimum atomic E-state index is -0.000251. The molecule has 0 spiro atoms. The van der Waals surface area contributed by atoms with E-state index in [9.17, 15) is 4.79 Å². The summed E-state index contributed by atoms with van der Waals surface area (Å²) in [7, 11) is 0. The maximum Gasteiger partial charge on any atom is 0.262 e. The zero-order valence-electron chi connectivity index (χ0n) is 18.5. The Morgan fingerprint density at radius 1 is 0.758 bits per heavy atom. The number of aryl methyl sites for hydroxylation is 1. The Bertz CT molecular complexity index is 1240. The van der Waals surface area contributed by atoms with Crippen LogP contribution in [0.2, 0.25) is 0 Å². The summed E-state index contributed by atoms with van der Waals surface area (Å²) in [5, 5.41) is 1.53. The summed E-state index contributed by atoms with van der Waals surface area (Å²) in [6.07, 6.45) is 5.39. The summed E-state index contributed by atoms with van der Waals surface area (Å²) in [6, 6.07) is 18.5. The van der Waals surface area contributed by atoms with Crippen LogP contribution in [0.25, 0.3) is 21.8 Å². The smallest absolute Gasteiger partial charge is 0.262 e. The molecule has 8 heteroatoms. The molecule has 0 saturated carbocycles. The van der Waals surface area contributed by atoms with Crippen LogP contribution in [0.3, 0.4) is 0 Å². The van der Waals surface area contributed by atoms with Gasteiger partial charge in [-0.1, -0.05) is 36.4 Å². The number of halogens is 2. The molecule has 0 unspecified atom stereocenters. The summed E-state index contributed by atoms with van der Waals surface area (Å²) in [6.45, 7) is 6.08. The van der Waals surface area contributed by atoms with E-state index in [-0.39, 0.29) is 30.4 Å². The van der Waals surface area contributed by atoms with Gasteiger partial charge in [-0.05, 0) is 37.6 Å². The average Bonchev–Trinajstić information content (AvgIpc) is 2.84. The maximum atomic E-state index is 12.9. The standard InChI is InChI=1S/C25H27N5O.2ClH/c31-25-22-18-26-23-11-5-4-10-21(23)24(22)27-19-30(25)13-7-6-12-28-14-16-29(17-15-28)20-8-2-1-3-9-20;;/h1-5,8-11,18-19H,6-7,12-17H2;2*1H. The molecule has 4 aromatic rings. The molecular weight excluding hydrogens is 457 g/mol. The third-order valence-corrected chi connectivity index (χ3v) is 6.18. The van der Waals surface area contributed by atoms with Crippen LogP contribution in [0.4, 0.5) is 5.69 Å². The van der Waals surface area contributed by atoms with E-state index in [1.807, 2.05) is 24.3 Å². The highest BCUT2D eigenvalue weighted by molar-refractivity contribution is 6.02. The van der Waals surface area contributed by atoms with Gasteiger partial charge < -0.3 is 4.90 Å². The highest BCUT2D eigenvalue weighted by atomic mass is 35.5. The number of rotatable bonds is 6. The van der Waals surface area contributed by atoms with Crippen LogP contribution in [0.5, 0.6) is 0 Å². The molecule has 6 nitrogen and oxygen atoms in total. The lowest BCUT2D eigenvalue weighted by molar-refractivity contribution is 0.251. The minimum absolute atomic E-state index is 0. The Labute approximate surface area is 206 Å². The molecule has 2 aromatic heterocycles. The number of hydrogen-bond donors (Lipinski definition) is 0. The van der Waals surface area contributed by atoms with Gasteiger partial charge in [0.15, 0.2) is 0 Å². The molecule has 0 radical (unpaired) electrons. The van der Waals surface area contributed by atoms with Crippen LogP contribution in [-0.2, 0) is 6.54 Å². The molecule has 2 aromatic carbocycles. The fourth-order valence-electron chi connectivity index (χ4n) is 4.40. The largest absolute Gasteiger partial charge is 0.369 e. The Morgan fingerprint density at radius 2 is 1.45 bits per heavy atom. The summed E-state index contributed by atoms with van der Waals surface area (Å²) < 4.78 is 1.73. The third kappa shape index (κ3) is 5.46. The minimum Gasteiger partial charge on any atom is -0.369 e. The molecule has 0 atom stereocenters. The predicted octanol–water partition coefficient (Wildman–Crippen LogP) is 4.39. The number of para-hydroxylation sites is 2. The van der Waals surface area contributed by atoms with E-state index in [0.717, 1.165) is 62.0 Å². The summed E-state index contributed by atoms with van der Waals surface area (Å²) in [5.41, 5.74) is 2.92. The molecule has 174 valence electrons. The zero-order chi connectivity index (χ0) is 21.0. The van der Waals surface area contributed by atoms with Gasteiger partial charge >= 0.3 is 0 Å². The second-order valence-electron chi connectivity index (χ2n) is 8.15. The van der Waals surface area contributed by atoms with Crippen LogP contribution in [0.15, 0.2) is 71.9 Å². The van der Waals surface area contributed by atoms with Crippen molar-refractivity contribution >= 4 is 52.3 Å². The van der Waals surface area contributed by atoms with Gasteiger partial charge in [0.2, 0.25) is 0 Å². The number of aromatic nitrogens is 3. The van der Waals surface area contributed by atoms with Crippen LogP contribution >= 0.6 is 24.8 Å². The summed E-state index contributed by atoms with van der Waals surface area (Å²) in [5.74, 6) is 0. The summed E-state index contributed by atoms with van der Waals surface area (Å²) in [4.78, 5) is 26.9. The number of benzene rings is 2. The summed E-state index contributed by atoms with van der Waals surface area (Å²) >= 11 is 0. The van der Waals surface area contributed by atoms with Crippen LogP contribution in [-0.4, -0.2) is 52.2 Å². The zero-order valence-corrected chi connectivity index (χ0v) is 20.1. The molecule has 0 bridgehead atoms. The van der Waals surface area contributed by atoms with Crippen molar-refractivity contribution in [2.75, 3.05) is 37.6 Å². The quantitative estimate of drug-likeness (QED) is 0.299. The van der Waals surface area contributed by atoms with Gasteiger partial charge in [0.25, 0.3) is 5.56 Å². The van der Waals surface area contributed by atoms with E-state index in [0.29, 0.717) is 11.9 Å². The van der Waals surface area contributed by atoms with Crippen molar-refractivity contribution in [3.05, 3.63) is 77.5 Å². The molecular formula is C25H29Cl2N5O. The number of unbranched alkanes of at least 4 members (excludes halogenated alkanes) is 1. The number of anilines is 1. The van der Waals surface area contributed by atoms with Gasteiger partial charge in [0.1, 0.15) is 0 Å². The number of hydrogen-bond acceptors (Lipinski definition) is 5. The first-order chi connectivity index (χ1) is 15.3. The lowest BCUT2D eigenvalue weighted by Crippen LogP contribution is -2.46. The van der Waals surface area contributed by atoms with E-state index in [1.165, 1.54) is 5.69 Å². The lowest BCUT2D eigenvalue weighted by Gasteiger charge is -2.36. The Morgan fingerprint density at radius 3 is 2.24 bits per heavy atom. The van der Waals surface area contributed by atoms with Crippen molar-refractivity contribution in [1.82, 2.24) is 19.4 Å². The molecule has 1 aliphatic rings. The fraction of sp³-hybridized carbons (Fsp3) is 0.320. The number of fused-ring (bicyclic) bond motifs is 3. The van der Waals surface area contributed by atoms with Crippen molar-refractivity contribution in [3.8, 4) is 0 Å². The van der Waals surface area contributed by atoms with Crippen molar-refractivity contribution in [1.29, 1.82) is 0 Å². The monoisotopic (exact) mass is 485 g/mol. The van der Waals surface area contributed by atoms with Gasteiger partial charge in [-0.2, -0.15) is 0 Å². The molecule has 1 saturated heterocycles. The normalized spacial score (nSPS) is 14.1. The van der Waals surface area contributed by atoms with Crippen molar-refractivity contribution in [3.63, 3.8) is 0 Å². The van der Waals surface area contributed by atoms with Crippen molar-refractivity contribution in [2.45, 2.75) is 19.4 Å². The molecule has 3 heterocycles. The topological polar surface area (TPSA) is 54.3 Å². The molecule has 5 rings (SSSR count). The molecule has 33 heavy (non-hydrogen) atoms. The van der Waals surface area contributed by atoms with Crippen molar-refractivity contribution in [2.24, 2.45) is 0 Å². The molecule has 0 N–H and O–H groups in total. The first-order valence-electron chi connectivity index (χ1n) is 11.0. The van der Waals surface area contributed by atoms with E-state index >= 15 is 0 Å². The van der Waals surface area contributed by atoms with Crippen LogP contribution in [0, 0.1) is 0 Å². The molecule has 1 aliphatic heterocycles. The van der Waals surface area contributed by atoms with Gasteiger partial charge in [-0.15, -0.1) is 24.8 Å². The second-order valence-corrected chi connectivity index (χ2v) is 8.15. The maximum absolute atomic E-state index is 12.9. The Hall–Kier alpha value is -2.67. The molecule has 1 fully saturated rings. The first-order valence-corrected chi connectivity index (χ1v) is 11.0. The first kappa shape index (κ1) is 25.0. The third-order valence-electron chi connectivity index (χ3n) is 6.18. The molecule has 0 aliphatic carbocycles. The second kappa shape index (κ2) is 11.5. The van der Waals surface area contributed by atoms with Crippen LogP contribution in [0.1, 0.15) is 12.8 Å². The Balaban J connectivity index is 0.00000153. The fourth-order valence-corrected chi connectivity index (χ4v) is 4.40. The predicted molar refractivity (Wildman–Crippen MR) is 140 cm³/mol. The van der Waals surface area contributed by atoms with E-state index in [1.54, 1.807) is 17.1 Å². The van der Waals surface area contributed by atoms with E-state index in [4.69, 9.17) is 0 Å². The average molecular weight is 486 g/mol. The van der Waals surface area contributed by atoms with Gasteiger partial charge in [0, 0.05) is 50.0 Å². The van der Waals surface area contributed by atoms with E-state index < -0.39 is 0 Å². The highest BCUT2D eigenvalue weighted by Gasteiger charge is 2.16. The van der Waals surface area contributed by atoms with E-state index in [2.05, 4.69) is 50.1 Å². The molecule has 0 amide bonds. The van der Waals surface area contributed by atoms with Gasteiger partial charge in [0.05, 0.1) is 22.7 Å². The lowest BCUT2D eigenvalue weighted by atomic mass is 10.1. The van der Waals surface area contributed by atoms with Gasteiger partial charge in [-0.25, -0.2) is 4.98 Å². The number of nitrogens with zero attached hydrogens (tertiary/aromatic N) is 5. The SMILES string of the molecule is Cl.Cl.O=c1c2cnc3ccccc3c2ncn1CCCCN1CCN(c2ccccc2)CC1. The highest BCUT2D eigenvalue weighted by Crippen LogP contribution is 2.19. The Kier molecular flexibility index (Phi) is 8.67. The van der Waals surface area contributed by atoms with Gasteiger partial charge in [-0.3, -0.25) is 19.2 Å². The van der Waals surface area contributed by atoms with Crippen LogP contribution < -0.4 is 10.5 Å². The number of pyridine rings is 1.